The van der Waals surface area contributed by atoms with Crippen LogP contribution in [0.1, 0.15) is 17.3 Å². The van der Waals surface area contributed by atoms with Crippen LogP contribution in [0.2, 0.25) is 0 Å². The van der Waals surface area contributed by atoms with Crippen LogP contribution >= 0.6 is 0 Å². The molecule has 0 radical (unpaired) electrons. The molecule has 4 heteroatoms. The number of amidine groups is 1. The van der Waals surface area contributed by atoms with Gasteiger partial charge in [-0.1, -0.05) is 84.9 Å². The maximum Gasteiger partial charge on any atom is 0.135 e. The predicted molar refractivity (Wildman–Crippen MR) is 146 cm³/mol. The first kappa shape index (κ1) is 21.1. The van der Waals surface area contributed by atoms with Crippen molar-refractivity contribution in [2.24, 2.45) is 10.7 Å². The van der Waals surface area contributed by atoms with Crippen LogP contribution < -0.4 is 11.1 Å². The topological polar surface area (TPSA) is 63.5 Å². The van der Waals surface area contributed by atoms with E-state index in [1.54, 1.807) is 7.05 Å². The zero-order valence-electron chi connectivity index (χ0n) is 19.4. The Hall–Kier alpha value is -4.41. The second kappa shape index (κ2) is 8.75. The van der Waals surface area contributed by atoms with E-state index in [1.807, 2.05) is 48.5 Å². The van der Waals surface area contributed by atoms with Crippen molar-refractivity contribution >= 4 is 38.5 Å². The number of rotatable bonds is 4. The normalized spacial score (nSPS) is 12.9. The monoisotopic (exact) mass is 455 g/mol. The molecule has 1 heterocycles. The number of nitrogens with zero attached hydrogens (tertiary/aromatic N) is 1. The molecule has 3 N–H and O–H groups in total. The van der Waals surface area contributed by atoms with E-state index in [2.05, 4.69) is 71.0 Å². The summed E-state index contributed by atoms with van der Waals surface area (Å²) < 4.78 is 6.21. The summed E-state index contributed by atoms with van der Waals surface area (Å²) in [7, 11) is 1.77. The minimum atomic E-state index is -0.456. The first-order chi connectivity index (χ1) is 17.2. The smallest absolute Gasteiger partial charge is 0.135 e. The highest BCUT2D eigenvalue weighted by Gasteiger charge is 2.18. The second-order valence-electron chi connectivity index (χ2n) is 8.66. The molecule has 0 aliphatic rings. The molecule has 0 fully saturated rings. The SMILES string of the molecule is CN=C(NC(N)c1cccc2oc3ccc(-c4ccc5ccccc5c4)cc3c12)c1ccccc1. The molecule has 35 heavy (non-hydrogen) atoms. The molecular formula is C31H25N3O. The minimum absolute atomic E-state index is 0.456. The molecule has 0 saturated heterocycles. The van der Waals surface area contributed by atoms with Crippen molar-refractivity contribution in [3.63, 3.8) is 0 Å². The van der Waals surface area contributed by atoms with E-state index in [0.29, 0.717) is 0 Å². The van der Waals surface area contributed by atoms with E-state index in [1.165, 1.54) is 16.3 Å². The van der Waals surface area contributed by atoms with Gasteiger partial charge in [-0.05, 0) is 46.2 Å². The zero-order chi connectivity index (χ0) is 23.8. The molecule has 1 atom stereocenters. The number of nitrogens with two attached hydrogens (primary N) is 1. The van der Waals surface area contributed by atoms with Crippen LogP contribution in [0.25, 0.3) is 43.8 Å². The van der Waals surface area contributed by atoms with Gasteiger partial charge in [0.05, 0.1) is 0 Å². The molecule has 1 aromatic heterocycles. The molecule has 0 bridgehead atoms. The van der Waals surface area contributed by atoms with Crippen LogP contribution in [0.4, 0.5) is 0 Å². The van der Waals surface area contributed by atoms with Gasteiger partial charge in [0.1, 0.15) is 23.2 Å². The molecule has 170 valence electrons. The molecule has 0 aliphatic heterocycles. The third kappa shape index (κ3) is 3.84. The lowest BCUT2D eigenvalue weighted by Gasteiger charge is -2.18. The molecular weight excluding hydrogens is 430 g/mol. The third-order valence-corrected chi connectivity index (χ3v) is 6.51. The van der Waals surface area contributed by atoms with Crippen LogP contribution in [0.15, 0.2) is 119 Å². The van der Waals surface area contributed by atoms with Crippen molar-refractivity contribution in [2.75, 3.05) is 7.05 Å². The lowest BCUT2D eigenvalue weighted by atomic mass is 9.98. The van der Waals surface area contributed by atoms with Gasteiger partial charge in [0.2, 0.25) is 0 Å². The Balaban J connectivity index is 1.44. The number of fused-ring (bicyclic) bond motifs is 4. The van der Waals surface area contributed by atoms with Gasteiger partial charge in [0.25, 0.3) is 0 Å². The summed E-state index contributed by atoms with van der Waals surface area (Å²) in [5.74, 6) is 0.750. The molecule has 0 saturated carbocycles. The summed E-state index contributed by atoms with van der Waals surface area (Å²) >= 11 is 0. The molecule has 0 amide bonds. The van der Waals surface area contributed by atoms with Crippen molar-refractivity contribution < 1.29 is 4.42 Å². The quantitative estimate of drug-likeness (QED) is 0.170. The van der Waals surface area contributed by atoms with Gasteiger partial charge < -0.3 is 15.5 Å². The summed E-state index contributed by atoms with van der Waals surface area (Å²) in [6.45, 7) is 0. The molecule has 1 unspecified atom stereocenters. The Bertz CT molecular complexity index is 1700. The van der Waals surface area contributed by atoms with Crippen LogP contribution in [-0.2, 0) is 0 Å². The van der Waals surface area contributed by atoms with Crippen molar-refractivity contribution in [2.45, 2.75) is 6.17 Å². The van der Waals surface area contributed by atoms with E-state index in [9.17, 15) is 0 Å². The largest absolute Gasteiger partial charge is 0.456 e. The van der Waals surface area contributed by atoms with Crippen LogP contribution in [-0.4, -0.2) is 12.9 Å². The van der Waals surface area contributed by atoms with Gasteiger partial charge >= 0.3 is 0 Å². The van der Waals surface area contributed by atoms with Crippen LogP contribution in [0.3, 0.4) is 0 Å². The van der Waals surface area contributed by atoms with Gasteiger partial charge in [-0.15, -0.1) is 0 Å². The summed E-state index contributed by atoms with van der Waals surface area (Å²) in [4.78, 5) is 4.43. The average Bonchev–Trinajstić information content (AvgIpc) is 3.30. The Kier molecular flexibility index (Phi) is 5.28. The zero-order valence-corrected chi connectivity index (χ0v) is 19.4. The Labute approximate surface area is 203 Å². The predicted octanol–water partition coefficient (Wildman–Crippen LogP) is 7.03. The van der Waals surface area contributed by atoms with Crippen LogP contribution in [0, 0.1) is 0 Å². The standard InChI is InChI=1S/C31H25N3O/c1-33-31(21-9-3-2-4-10-21)34-30(32)25-12-7-13-28-29(25)26-19-24(16-17-27(26)35-28)23-15-14-20-8-5-6-11-22(20)18-23/h2-19,30H,32H2,1H3,(H,33,34). The summed E-state index contributed by atoms with van der Waals surface area (Å²) in [6.07, 6.45) is -0.456. The molecule has 6 rings (SSSR count). The fourth-order valence-electron chi connectivity index (χ4n) is 4.76. The van der Waals surface area contributed by atoms with Crippen molar-refractivity contribution in [3.8, 4) is 11.1 Å². The van der Waals surface area contributed by atoms with Gasteiger partial charge in [-0.2, -0.15) is 0 Å². The molecule has 0 spiro atoms. The number of hydrogen-bond acceptors (Lipinski definition) is 3. The first-order valence-corrected chi connectivity index (χ1v) is 11.7. The average molecular weight is 456 g/mol. The van der Waals surface area contributed by atoms with E-state index < -0.39 is 6.17 Å². The van der Waals surface area contributed by atoms with Crippen LogP contribution in [0.5, 0.6) is 0 Å². The van der Waals surface area contributed by atoms with E-state index >= 15 is 0 Å². The van der Waals surface area contributed by atoms with E-state index in [-0.39, 0.29) is 0 Å². The van der Waals surface area contributed by atoms with Crippen molar-refractivity contribution in [1.82, 2.24) is 5.32 Å². The third-order valence-electron chi connectivity index (χ3n) is 6.51. The van der Waals surface area contributed by atoms with Gasteiger partial charge in [-0.25, -0.2) is 0 Å². The van der Waals surface area contributed by atoms with Gasteiger partial charge in [0, 0.05) is 28.9 Å². The lowest BCUT2D eigenvalue weighted by molar-refractivity contribution is 0.663. The van der Waals surface area contributed by atoms with Crippen molar-refractivity contribution in [1.29, 1.82) is 0 Å². The number of hydrogen-bond donors (Lipinski definition) is 2. The Morgan fingerprint density at radius 2 is 1.49 bits per heavy atom. The highest BCUT2D eigenvalue weighted by atomic mass is 16.3. The fourth-order valence-corrected chi connectivity index (χ4v) is 4.76. The Morgan fingerprint density at radius 3 is 2.31 bits per heavy atom. The molecule has 0 aliphatic carbocycles. The number of benzene rings is 5. The van der Waals surface area contributed by atoms with E-state index in [0.717, 1.165) is 44.5 Å². The first-order valence-electron chi connectivity index (χ1n) is 11.7. The highest BCUT2D eigenvalue weighted by Crippen LogP contribution is 2.36. The minimum Gasteiger partial charge on any atom is -0.456 e. The number of nitrogens with one attached hydrogen (secondary N) is 1. The molecule has 5 aromatic carbocycles. The van der Waals surface area contributed by atoms with E-state index in [4.69, 9.17) is 10.2 Å². The number of furan rings is 1. The van der Waals surface area contributed by atoms with Crippen molar-refractivity contribution in [3.05, 3.63) is 120 Å². The Morgan fingerprint density at radius 1 is 0.743 bits per heavy atom. The summed E-state index contributed by atoms with van der Waals surface area (Å²) in [6, 6.07) is 37.4. The second-order valence-corrected chi connectivity index (χ2v) is 8.66. The summed E-state index contributed by atoms with van der Waals surface area (Å²) in [5, 5.41) is 7.93. The van der Waals surface area contributed by atoms with Gasteiger partial charge in [0.15, 0.2) is 0 Å². The summed E-state index contributed by atoms with van der Waals surface area (Å²) in [5.41, 5.74) is 12.6. The maximum atomic E-state index is 6.70. The van der Waals surface area contributed by atoms with Gasteiger partial charge in [-0.3, -0.25) is 4.99 Å². The molecule has 6 aromatic rings. The maximum absolute atomic E-state index is 6.70. The fraction of sp³-hybridized carbons (Fsp3) is 0.0645. The molecule has 4 nitrogen and oxygen atoms in total. The lowest BCUT2D eigenvalue weighted by Crippen LogP contribution is -2.34. The highest BCUT2D eigenvalue weighted by molar-refractivity contribution is 6.09. The number of aliphatic imine (C=N–C) groups is 1.